The van der Waals surface area contributed by atoms with E-state index in [1.807, 2.05) is 25.1 Å². The van der Waals surface area contributed by atoms with E-state index in [2.05, 4.69) is 16.5 Å². The summed E-state index contributed by atoms with van der Waals surface area (Å²) in [6.45, 7) is 2.56. The highest BCUT2D eigenvalue weighted by atomic mass is 19.2. The van der Waals surface area contributed by atoms with Crippen LogP contribution in [0.2, 0.25) is 0 Å². The van der Waals surface area contributed by atoms with Gasteiger partial charge in [-0.2, -0.15) is 5.10 Å². The number of benzene rings is 2. The number of fused-ring (bicyclic) bond motifs is 1. The molecule has 0 saturated heterocycles. The maximum absolute atomic E-state index is 13.6. The molecule has 4 rings (SSSR count). The van der Waals surface area contributed by atoms with Gasteiger partial charge in [0, 0.05) is 23.9 Å². The number of hydrogen-bond acceptors (Lipinski definition) is 2. The lowest BCUT2D eigenvalue weighted by Gasteiger charge is -2.07. The zero-order chi connectivity index (χ0) is 19.7. The first-order valence-corrected chi connectivity index (χ1v) is 9.43. The van der Waals surface area contributed by atoms with Crippen LogP contribution in [0, 0.1) is 18.6 Å². The Bertz CT molecular complexity index is 1040. The van der Waals surface area contributed by atoms with Crippen LogP contribution in [0.3, 0.4) is 0 Å². The zero-order valence-corrected chi connectivity index (χ0v) is 15.6. The zero-order valence-electron chi connectivity index (χ0n) is 15.6. The molecule has 3 aromatic rings. The van der Waals surface area contributed by atoms with Gasteiger partial charge in [0.1, 0.15) is 0 Å². The van der Waals surface area contributed by atoms with Crippen molar-refractivity contribution in [2.75, 3.05) is 6.54 Å². The summed E-state index contributed by atoms with van der Waals surface area (Å²) in [6.07, 6.45) is 3.18. The Morgan fingerprint density at radius 3 is 2.75 bits per heavy atom. The van der Waals surface area contributed by atoms with Crippen LogP contribution in [0.5, 0.6) is 0 Å². The van der Waals surface area contributed by atoms with E-state index in [1.165, 1.54) is 17.2 Å². The third-order valence-electron chi connectivity index (χ3n) is 5.23. The van der Waals surface area contributed by atoms with Gasteiger partial charge < -0.3 is 5.32 Å². The van der Waals surface area contributed by atoms with Crippen LogP contribution < -0.4 is 5.32 Å². The minimum absolute atomic E-state index is 0.229. The van der Waals surface area contributed by atoms with Crippen LogP contribution in [-0.2, 0) is 19.3 Å². The van der Waals surface area contributed by atoms with E-state index in [1.54, 1.807) is 4.68 Å². The van der Waals surface area contributed by atoms with Gasteiger partial charge in [0.2, 0.25) is 0 Å². The van der Waals surface area contributed by atoms with Crippen molar-refractivity contribution in [3.8, 4) is 5.69 Å². The molecule has 0 unspecified atom stereocenters. The topological polar surface area (TPSA) is 46.9 Å². The first-order valence-electron chi connectivity index (χ1n) is 9.43. The van der Waals surface area contributed by atoms with Gasteiger partial charge in [-0.1, -0.05) is 24.3 Å². The number of carbonyl (C=O) groups is 1. The van der Waals surface area contributed by atoms with Gasteiger partial charge in [0.25, 0.3) is 5.91 Å². The van der Waals surface area contributed by atoms with Crippen LogP contribution in [-0.4, -0.2) is 22.2 Å². The first-order chi connectivity index (χ1) is 13.5. The van der Waals surface area contributed by atoms with Crippen molar-refractivity contribution in [2.24, 2.45) is 0 Å². The van der Waals surface area contributed by atoms with Crippen molar-refractivity contribution in [3.05, 3.63) is 82.2 Å². The molecule has 28 heavy (non-hydrogen) atoms. The van der Waals surface area contributed by atoms with Crippen LogP contribution in [0.25, 0.3) is 5.69 Å². The van der Waals surface area contributed by atoms with E-state index in [9.17, 15) is 13.6 Å². The van der Waals surface area contributed by atoms with E-state index in [0.29, 0.717) is 17.9 Å². The lowest BCUT2D eigenvalue weighted by molar-refractivity contribution is 0.0948. The second-order valence-electron chi connectivity index (χ2n) is 7.07. The fourth-order valence-electron chi connectivity index (χ4n) is 3.74. The van der Waals surface area contributed by atoms with Gasteiger partial charge in [0.05, 0.1) is 5.69 Å². The third kappa shape index (κ3) is 3.42. The summed E-state index contributed by atoms with van der Waals surface area (Å²) < 4.78 is 28.5. The summed E-state index contributed by atoms with van der Waals surface area (Å²) in [5, 5.41) is 7.37. The van der Waals surface area contributed by atoms with E-state index in [-0.39, 0.29) is 5.91 Å². The highest BCUT2D eigenvalue weighted by Crippen LogP contribution is 2.28. The molecule has 0 saturated carbocycles. The molecule has 0 atom stereocenters. The maximum atomic E-state index is 13.6. The number of nitrogens with one attached hydrogen (secondary N) is 1. The predicted octanol–water partition coefficient (Wildman–Crippen LogP) is 3.92. The smallest absolute Gasteiger partial charge is 0.272 e. The van der Waals surface area contributed by atoms with Crippen molar-refractivity contribution >= 4 is 5.91 Å². The first kappa shape index (κ1) is 18.3. The van der Waals surface area contributed by atoms with Crippen LogP contribution in [0.15, 0.2) is 42.5 Å². The Morgan fingerprint density at radius 1 is 1.14 bits per heavy atom. The Hall–Kier alpha value is -3.02. The number of halogens is 2. The number of aromatic nitrogens is 2. The Morgan fingerprint density at radius 2 is 1.96 bits per heavy atom. The van der Waals surface area contributed by atoms with Crippen LogP contribution >= 0.6 is 0 Å². The molecule has 1 aromatic heterocycles. The van der Waals surface area contributed by atoms with E-state index in [4.69, 9.17) is 0 Å². The summed E-state index contributed by atoms with van der Waals surface area (Å²) in [4.78, 5) is 12.7. The minimum atomic E-state index is -0.927. The number of hydrogen-bond donors (Lipinski definition) is 1. The van der Waals surface area contributed by atoms with E-state index >= 15 is 0 Å². The predicted molar refractivity (Wildman–Crippen MR) is 103 cm³/mol. The average Bonchev–Trinajstić information content (AvgIpc) is 3.28. The van der Waals surface area contributed by atoms with Gasteiger partial charge in [-0.15, -0.1) is 0 Å². The number of nitrogens with zero attached hydrogens (tertiary/aromatic N) is 2. The molecule has 1 aliphatic rings. The van der Waals surface area contributed by atoms with Gasteiger partial charge >= 0.3 is 0 Å². The monoisotopic (exact) mass is 381 g/mol. The molecule has 6 heteroatoms. The van der Waals surface area contributed by atoms with Crippen molar-refractivity contribution < 1.29 is 13.6 Å². The molecule has 2 aromatic carbocycles. The number of rotatable bonds is 5. The molecule has 1 amide bonds. The largest absolute Gasteiger partial charge is 0.350 e. The molecule has 0 fully saturated rings. The molecule has 144 valence electrons. The number of carbonyl (C=O) groups excluding carboxylic acids is 1. The lowest BCUT2D eigenvalue weighted by Crippen LogP contribution is -2.27. The summed E-state index contributed by atoms with van der Waals surface area (Å²) >= 11 is 0. The van der Waals surface area contributed by atoms with E-state index < -0.39 is 11.6 Å². The fraction of sp³-hybridized carbons (Fsp3) is 0.273. The van der Waals surface area contributed by atoms with Crippen molar-refractivity contribution in [1.29, 1.82) is 0 Å². The SMILES string of the molecule is Cc1ccccc1CCNC(=O)c1nn(-c2ccc(F)c(F)c2)c2c1CCC2. The van der Waals surface area contributed by atoms with Gasteiger partial charge in [0.15, 0.2) is 17.3 Å². The molecule has 4 nitrogen and oxygen atoms in total. The quantitative estimate of drug-likeness (QED) is 0.728. The average molecular weight is 381 g/mol. The summed E-state index contributed by atoms with van der Waals surface area (Å²) in [7, 11) is 0. The fourth-order valence-corrected chi connectivity index (χ4v) is 3.74. The molecule has 0 bridgehead atoms. The standard InChI is InChI=1S/C22H21F2N3O/c1-14-5-2-3-6-15(14)11-12-25-22(28)21-17-7-4-8-20(17)27(26-21)16-9-10-18(23)19(24)13-16/h2-3,5-6,9-10,13H,4,7-8,11-12H2,1H3,(H,25,28). The molecule has 0 aliphatic heterocycles. The molecule has 0 radical (unpaired) electrons. The summed E-state index contributed by atoms with van der Waals surface area (Å²) in [5.41, 5.74) is 4.99. The van der Waals surface area contributed by atoms with Crippen molar-refractivity contribution in [1.82, 2.24) is 15.1 Å². The van der Waals surface area contributed by atoms with E-state index in [0.717, 1.165) is 49.1 Å². The number of aryl methyl sites for hydroxylation is 1. The second kappa shape index (κ2) is 7.54. The molecule has 0 spiro atoms. The molecule has 1 heterocycles. The highest BCUT2D eigenvalue weighted by molar-refractivity contribution is 5.94. The highest BCUT2D eigenvalue weighted by Gasteiger charge is 2.27. The van der Waals surface area contributed by atoms with Crippen LogP contribution in [0.4, 0.5) is 8.78 Å². The third-order valence-corrected chi connectivity index (χ3v) is 5.23. The Labute approximate surface area is 162 Å². The normalized spacial score (nSPS) is 12.8. The Kier molecular flexibility index (Phi) is 4.94. The van der Waals surface area contributed by atoms with Gasteiger partial charge in [-0.05, 0) is 55.9 Å². The second-order valence-corrected chi connectivity index (χ2v) is 7.07. The Balaban J connectivity index is 1.54. The number of amides is 1. The van der Waals surface area contributed by atoms with Crippen molar-refractivity contribution in [2.45, 2.75) is 32.6 Å². The van der Waals surface area contributed by atoms with Gasteiger partial charge in [-0.3, -0.25) is 4.79 Å². The van der Waals surface area contributed by atoms with Crippen LogP contribution in [0.1, 0.15) is 39.3 Å². The minimum Gasteiger partial charge on any atom is -0.350 e. The molecule has 1 N–H and O–H groups in total. The molecule has 1 aliphatic carbocycles. The summed E-state index contributed by atoms with van der Waals surface area (Å²) in [5.74, 6) is -2.06. The van der Waals surface area contributed by atoms with Crippen molar-refractivity contribution in [3.63, 3.8) is 0 Å². The molecular weight excluding hydrogens is 360 g/mol. The summed E-state index contributed by atoms with van der Waals surface area (Å²) in [6, 6.07) is 11.7. The maximum Gasteiger partial charge on any atom is 0.272 e. The molecular formula is C22H21F2N3O. The van der Waals surface area contributed by atoms with Gasteiger partial charge in [-0.25, -0.2) is 13.5 Å². The lowest BCUT2D eigenvalue weighted by atomic mass is 10.1.